The van der Waals surface area contributed by atoms with Crippen LogP contribution in [0.3, 0.4) is 0 Å². The Labute approximate surface area is 123 Å². The first-order valence-electron chi connectivity index (χ1n) is 6.80. The van der Waals surface area contributed by atoms with Crippen molar-refractivity contribution < 1.29 is 5.11 Å². The van der Waals surface area contributed by atoms with E-state index < -0.39 is 0 Å². The molecule has 3 rings (SSSR count). The maximum Gasteiger partial charge on any atom is 0.115 e. The smallest absolute Gasteiger partial charge is 0.115 e. The van der Waals surface area contributed by atoms with Crippen LogP contribution in [0, 0.1) is 0 Å². The summed E-state index contributed by atoms with van der Waals surface area (Å²) in [5.74, 6) is 0.255. The number of hydrogen-bond donors (Lipinski definition) is 2. The molecule has 0 saturated carbocycles. The van der Waals surface area contributed by atoms with Gasteiger partial charge in [-0.2, -0.15) is 0 Å². The summed E-state index contributed by atoms with van der Waals surface area (Å²) < 4.78 is 0. The highest BCUT2D eigenvalue weighted by atomic mass is 16.3. The number of rotatable bonds is 3. The van der Waals surface area contributed by atoms with Crippen LogP contribution in [-0.2, 0) is 6.54 Å². The molecule has 0 saturated heterocycles. The quantitative estimate of drug-likeness (QED) is 0.773. The van der Waals surface area contributed by atoms with Crippen LogP contribution in [0.4, 0.5) is 11.4 Å². The fourth-order valence-electron chi connectivity index (χ4n) is 2.52. The number of nitrogens with two attached hydrogens (primary N) is 1. The van der Waals surface area contributed by atoms with Gasteiger partial charge in [0.05, 0.1) is 11.2 Å². The summed E-state index contributed by atoms with van der Waals surface area (Å²) in [6.45, 7) is 0.426. The van der Waals surface area contributed by atoms with Gasteiger partial charge >= 0.3 is 0 Å². The topological polar surface area (TPSA) is 62.4 Å². The van der Waals surface area contributed by atoms with Crippen LogP contribution in [0.5, 0.6) is 5.75 Å². The third kappa shape index (κ3) is 2.41. The Balaban J connectivity index is 2.19. The first-order chi connectivity index (χ1) is 10.2. The number of pyridine rings is 1. The van der Waals surface area contributed by atoms with E-state index >= 15 is 0 Å². The van der Waals surface area contributed by atoms with Crippen molar-refractivity contribution in [3.63, 3.8) is 0 Å². The predicted molar refractivity (Wildman–Crippen MR) is 85.8 cm³/mol. The summed E-state index contributed by atoms with van der Waals surface area (Å²) >= 11 is 0. The molecule has 2 aromatic carbocycles. The van der Waals surface area contributed by atoms with Gasteiger partial charge in [-0.3, -0.25) is 4.98 Å². The Morgan fingerprint density at radius 2 is 1.81 bits per heavy atom. The Kier molecular flexibility index (Phi) is 3.46. The molecule has 3 aromatic rings. The van der Waals surface area contributed by atoms with Crippen LogP contribution >= 0.6 is 0 Å². The lowest BCUT2D eigenvalue weighted by Crippen LogP contribution is -2.14. The summed E-state index contributed by atoms with van der Waals surface area (Å²) in [7, 11) is 1.99. The van der Waals surface area contributed by atoms with Crippen LogP contribution in [0.1, 0.15) is 5.56 Å². The maximum absolute atomic E-state index is 9.43. The highest BCUT2D eigenvalue weighted by Gasteiger charge is 2.13. The molecule has 4 heteroatoms. The molecule has 21 heavy (non-hydrogen) atoms. The van der Waals surface area contributed by atoms with Gasteiger partial charge in [0, 0.05) is 36.4 Å². The van der Waals surface area contributed by atoms with Gasteiger partial charge in [0.15, 0.2) is 0 Å². The van der Waals surface area contributed by atoms with Crippen molar-refractivity contribution in [3.8, 4) is 5.75 Å². The van der Waals surface area contributed by atoms with E-state index in [4.69, 9.17) is 5.73 Å². The molecule has 0 radical (unpaired) electrons. The Morgan fingerprint density at radius 3 is 2.52 bits per heavy atom. The number of nitrogens with zero attached hydrogens (tertiary/aromatic N) is 2. The average Bonchev–Trinajstić information content (AvgIpc) is 2.53. The number of aromatic hydroxyl groups is 1. The highest BCUT2D eigenvalue weighted by molar-refractivity contribution is 5.95. The molecule has 0 atom stereocenters. The van der Waals surface area contributed by atoms with Crippen LogP contribution in [-0.4, -0.2) is 17.1 Å². The van der Waals surface area contributed by atoms with E-state index in [-0.39, 0.29) is 5.75 Å². The van der Waals surface area contributed by atoms with Crippen molar-refractivity contribution in [2.45, 2.75) is 6.54 Å². The molecular weight excluding hydrogens is 262 g/mol. The first-order valence-corrected chi connectivity index (χ1v) is 6.80. The maximum atomic E-state index is 9.43. The van der Waals surface area contributed by atoms with Gasteiger partial charge < -0.3 is 15.7 Å². The molecule has 106 valence electrons. The summed E-state index contributed by atoms with van der Waals surface area (Å²) in [6.07, 6.45) is 1.83. The van der Waals surface area contributed by atoms with E-state index in [0.717, 1.165) is 27.8 Å². The molecule has 0 spiro atoms. The SMILES string of the molecule is CN(c1ccc(O)cc1)c1c(CN)cnc2ccccc12. The number of phenols is 1. The minimum absolute atomic E-state index is 0.255. The minimum atomic E-state index is 0.255. The minimum Gasteiger partial charge on any atom is -0.508 e. The molecule has 3 N–H and O–H groups in total. The van der Waals surface area contributed by atoms with Gasteiger partial charge in [0.2, 0.25) is 0 Å². The monoisotopic (exact) mass is 279 g/mol. The van der Waals surface area contributed by atoms with Crippen LogP contribution in [0.15, 0.2) is 54.7 Å². The molecule has 1 aromatic heterocycles. The summed E-state index contributed by atoms with van der Waals surface area (Å²) in [4.78, 5) is 6.53. The van der Waals surface area contributed by atoms with E-state index in [9.17, 15) is 5.11 Å². The van der Waals surface area contributed by atoms with Crippen molar-refractivity contribution in [1.82, 2.24) is 4.98 Å². The second kappa shape index (κ2) is 5.42. The van der Waals surface area contributed by atoms with Crippen molar-refractivity contribution >= 4 is 22.3 Å². The van der Waals surface area contributed by atoms with Crippen molar-refractivity contribution in [1.29, 1.82) is 0 Å². The van der Waals surface area contributed by atoms with E-state index in [2.05, 4.69) is 9.88 Å². The fourth-order valence-corrected chi connectivity index (χ4v) is 2.52. The van der Waals surface area contributed by atoms with Gasteiger partial charge in [-0.1, -0.05) is 18.2 Å². The Hall–Kier alpha value is -2.59. The normalized spacial score (nSPS) is 10.8. The third-order valence-electron chi connectivity index (χ3n) is 3.62. The number of aromatic nitrogens is 1. The van der Waals surface area contributed by atoms with Gasteiger partial charge in [-0.15, -0.1) is 0 Å². The molecule has 0 aliphatic rings. The molecule has 0 fully saturated rings. The number of benzene rings is 2. The zero-order valence-electron chi connectivity index (χ0n) is 11.8. The van der Waals surface area contributed by atoms with Crippen LogP contribution in [0.2, 0.25) is 0 Å². The second-order valence-electron chi connectivity index (χ2n) is 4.93. The van der Waals surface area contributed by atoms with E-state index in [1.54, 1.807) is 12.1 Å². The summed E-state index contributed by atoms with van der Waals surface area (Å²) in [5, 5.41) is 10.5. The Bertz CT molecular complexity index is 769. The number of para-hydroxylation sites is 1. The van der Waals surface area contributed by atoms with Crippen LogP contribution in [0.25, 0.3) is 10.9 Å². The first kappa shape index (κ1) is 13.4. The molecule has 0 unspecified atom stereocenters. The molecule has 0 aliphatic carbocycles. The third-order valence-corrected chi connectivity index (χ3v) is 3.62. The van der Waals surface area contributed by atoms with Crippen molar-refractivity contribution in [2.75, 3.05) is 11.9 Å². The van der Waals surface area contributed by atoms with E-state index in [1.807, 2.05) is 49.6 Å². The fraction of sp³-hybridized carbons (Fsp3) is 0.118. The average molecular weight is 279 g/mol. The van der Waals surface area contributed by atoms with Gasteiger partial charge in [0.25, 0.3) is 0 Å². The van der Waals surface area contributed by atoms with Gasteiger partial charge in [-0.25, -0.2) is 0 Å². The lowest BCUT2D eigenvalue weighted by atomic mass is 10.1. The largest absolute Gasteiger partial charge is 0.508 e. The number of fused-ring (bicyclic) bond motifs is 1. The number of hydrogen-bond acceptors (Lipinski definition) is 4. The van der Waals surface area contributed by atoms with E-state index in [1.165, 1.54) is 0 Å². The zero-order valence-corrected chi connectivity index (χ0v) is 11.8. The Morgan fingerprint density at radius 1 is 1.10 bits per heavy atom. The number of phenolic OH excluding ortho intramolecular Hbond substituents is 1. The zero-order chi connectivity index (χ0) is 14.8. The lowest BCUT2D eigenvalue weighted by Gasteiger charge is -2.24. The van der Waals surface area contributed by atoms with Gasteiger partial charge in [0.1, 0.15) is 5.75 Å². The van der Waals surface area contributed by atoms with Crippen LogP contribution < -0.4 is 10.6 Å². The summed E-state index contributed by atoms with van der Waals surface area (Å²) in [6, 6.07) is 15.1. The predicted octanol–water partition coefficient (Wildman–Crippen LogP) is 3.17. The van der Waals surface area contributed by atoms with Crippen molar-refractivity contribution in [2.24, 2.45) is 5.73 Å². The van der Waals surface area contributed by atoms with Crippen molar-refractivity contribution in [3.05, 3.63) is 60.3 Å². The molecule has 0 bridgehead atoms. The lowest BCUT2D eigenvalue weighted by molar-refractivity contribution is 0.475. The van der Waals surface area contributed by atoms with E-state index in [0.29, 0.717) is 6.54 Å². The summed E-state index contributed by atoms with van der Waals surface area (Å²) in [5.41, 5.74) is 9.84. The molecule has 4 nitrogen and oxygen atoms in total. The second-order valence-corrected chi connectivity index (χ2v) is 4.93. The molecular formula is C17H17N3O. The molecule has 0 amide bonds. The number of anilines is 2. The standard InChI is InChI=1S/C17H17N3O/c1-20(13-6-8-14(21)9-7-13)17-12(10-18)11-19-16-5-3-2-4-15(16)17/h2-9,11,21H,10,18H2,1H3. The molecule has 1 heterocycles. The van der Waals surface area contributed by atoms with Gasteiger partial charge in [-0.05, 0) is 30.3 Å². The highest BCUT2D eigenvalue weighted by Crippen LogP contribution is 2.33. The molecule has 0 aliphatic heterocycles.